The number of carbonyl (C=O) groups is 1. The first-order chi connectivity index (χ1) is 10.2. The molecule has 1 aliphatic heterocycles. The van der Waals surface area contributed by atoms with Gasteiger partial charge in [0.05, 0.1) is 13.2 Å². The summed E-state index contributed by atoms with van der Waals surface area (Å²) in [5.41, 5.74) is 0. The lowest BCUT2D eigenvalue weighted by molar-refractivity contribution is -0.397. The normalized spacial score (nSPS) is 20.4. The summed E-state index contributed by atoms with van der Waals surface area (Å²) in [6.07, 6.45) is -11.1. The minimum Gasteiger partial charge on any atom is -0.430 e. The summed E-state index contributed by atoms with van der Waals surface area (Å²) in [5.74, 6) is -19.3. The number of hydrogen-bond acceptors (Lipinski definition) is 4. The molecule has 0 bridgehead atoms. The van der Waals surface area contributed by atoms with Gasteiger partial charge in [0.25, 0.3) is 0 Å². The van der Waals surface area contributed by atoms with Crippen LogP contribution in [-0.4, -0.2) is 56.0 Å². The van der Waals surface area contributed by atoms with Gasteiger partial charge >= 0.3 is 30.1 Å². The maximum atomic E-state index is 13.1. The summed E-state index contributed by atoms with van der Waals surface area (Å²) in [7, 11) is 0. The van der Waals surface area contributed by atoms with Gasteiger partial charge in [-0.2, -0.15) is 39.5 Å². The zero-order valence-corrected chi connectivity index (χ0v) is 10.9. The Kier molecular flexibility index (Phi) is 5.33. The molecule has 1 heterocycles. The maximum absolute atomic E-state index is 13.1. The summed E-state index contributed by atoms with van der Waals surface area (Å²) in [5, 5.41) is 0. The third-order valence-electron chi connectivity index (χ3n) is 2.72. The molecule has 1 rings (SSSR count). The Morgan fingerprint density at radius 1 is 1.00 bits per heavy atom. The predicted molar refractivity (Wildman–Crippen MR) is 52.6 cm³/mol. The molecular weight excluding hydrogens is 355 g/mol. The molecule has 136 valence electrons. The highest BCUT2D eigenvalue weighted by molar-refractivity contribution is 5.61. The van der Waals surface area contributed by atoms with Crippen LogP contribution in [0.5, 0.6) is 0 Å². The summed E-state index contributed by atoms with van der Waals surface area (Å²) in [6.45, 7) is -2.16. The molecule has 0 amide bonds. The minimum absolute atomic E-state index is 0.308. The van der Waals surface area contributed by atoms with Gasteiger partial charge in [0.15, 0.2) is 6.10 Å². The average molecular weight is 364 g/mol. The Hall–Kier alpha value is -1.40. The van der Waals surface area contributed by atoms with Crippen molar-refractivity contribution < 1.29 is 58.5 Å². The summed E-state index contributed by atoms with van der Waals surface area (Å²) >= 11 is 0. The fraction of sp³-hybridized carbons (Fsp3) is 0.900. The molecule has 0 radical (unpaired) electrons. The molecule has 0 aromatic heterocycles. The van der Waals surface area contributed by atoms with E-state index in [1.165, 1.54) is 0 Å². The summed E-state index contributed by atoms with van der Waals surface area (Å²) in [4.78, 5) is 10.5. The van der Waals surface area contributed by atoms with Crippen LogP contribution in [0.3, 0.4) is 0 Å². The Balaban J connectivity index is 2.58. The van der Waals surface area contributed by atoms with Crippen molar-refractivity contribution in [3.05, 3.63) is 0 Å². The van der Waals surface area contributed by atoms with E-state index in [1.54, 1.807) is 0 Å². The van der Waals surface area contributed by atoms with E-state index in [1.807, 2.05) is 0 Å². The van der Waals surface area contributed by atoms with Gasteiger partial charge in [-0.05, 0) is 0 Å². The summed E-state index contributed by atoms with van der Waals surface area (Å²) < 4.78 is 126. The molecule has 0 aromatic rings. The first-order valence-corrected chi connectivity index (χ1v) is 5.83. The van der Waals surface area contributed by atoms with Gasteiger partial charge in [-0.1, -0.05) is 0 Å². The highest BCUT2D eigenvalue weighted by Gasteiger charge is 2.81. The van der Waals surface area contributed by atoms with Crippen molar-refractivity contribution in [3.8, 4) is 0 Å². The second kappa shape index (κ2) is 6.24. The number of rotatable bonds is 7. The van der Waals surface area contributed by atoms with Gasteiger partial charge in [-0.3, -0.25) is 0 Å². The van der Waals surface area contributed by atoms with Gasteiger partial charge in [-0.15, -0.1) is 0 Å². The van der Waals surface area contributed by atoms with E-state index in [-0.39, 0.29) is 6.61 Å². The van der Waals surface area contributed by atoms with Crippen molar-refractivity contribution in [1.82, 2.24) is 0 Å². The minimum atomic E-state index is -6.92. The Bertz CT molecular complexity index is 435. The van der Waals surface area contributed by atoms with Gasteiger partial charge in [0.2, 0.25) is 0 Å². The van der Waals surface area contributed by atoms with Crippen molar-refractivity contribution >= 4 is 6.16 Å². The van der Waals surface area contributed by atoms with Gasteiger partial charge in [0, 0.05) is 6.42 Å². The monoisotopic (exact) mass is 364 g/mol. The molecule has 23 heavy (non-hydrogen) atoms. The van der Waals surface area contributed by atoms with Crippen molar-refractivity contribution in [2.24, 2.45) is 0 Å². The lowest BCUT2D eigenvalue weighted by Crippen LogP contribution is -2.61. The average Bonchev–Trinajstić information content (AvgIpc) is 2.78. The van der Waals surface area contributed by atoms with E-state index in [9.17, 15) is 44.3 Å². The number of carbonyl (C=O) groups excluding carboxylic acids is 1. The third kappa shape index (κ3) is 3.93. The summed E-state index contributed by atoms with van der Waals surface area (Å²) in [6, 6.07) is 0. The van der Waals surface area contributed by atoms with Gasteiger partial charge < -0.3 is 14.2 Å². The number of hydrogen-bond donors (Lipinski definition) is 0. The molecule has 0 spiro atoms. The van der Waals surface area contributed by atoms with E-state index >= 15 is 0 Å². The van der Waals surface area contributed by atoms with E-state index in [2.05, 4.69) is 14.2 Å². The Labute approximate surface area is 122 Å². The first kappa shape index (κ1) is 19.6. The number of cyclic esters (lactones) is 2. The van der Waals surface area contributed by atoms with Crippen LogP contribution < -0.4 is 0 Å². The van der Waals surface area contributed by atoms with Crippen LogP contribution in [-0.2, 0) is 14.2 Å². The van der Waals surface area contributed by atoms with Crippen molar-refractivity contribution in [1.29, 1.82) is 0 Å². The number of halogens is 9. The molecule has 0 N–H and O–H groups in total. The van der Waals surface area contributed by atoms with Crippen LogP contribution in [0.25, 0.3) is 0 Å². The molecule has 1 saturated heterocycles. The molecule has 0 aromatic carbocycles. The number of alkyl halides is 9. The van der Waals surface area contributed by atoms with Gasteiger partial charge in [-0.25, -0.2) is 4.79 Å². The smallest absolute Gasteiger partial charge is 0.430 e. The fourth-order valence-corrected chi connectivity index (χ4v) is 1.43. The molecule has 0 aliphatic carbocycles. The molecule has 1 atom stereocenters. The van der Waals surface area contributed by atoms with Crippen LogP contribution >= 0.6 is 0 Å². The first-order valence-electron chi connectivity index (χ1n) is 5.83. The van der Waals surface area contributed by atoms with E-state index in [0.717, 1.165) is 0 Å². The SMILES string of the molecule is O=C1OCC(COCCC(F)(F)C(F)(F)C(F)(F)C(F)(F)F)O1. The highest BCUT2D eigenvalue weighted by atomic mass is 19.4. The lowest BCUT2D eigenvalue weighted by Gasteiger charge is -2.33. The molecule has 1 unspecified atom stereocenters. The molecule has 0 saturated carbocycles. The van der Waals surface area contributed by atoms with Crippen LogP contribution in [0.1, 0.15) is 6.42 Å². The fourth-order valence-electron chi connectivity index (χ4n) is 1.43. The molecule has 13 heteroatoms. The van der Waals surface area contributed by atoms with Gasteiger partial charge in [0.1, 0.15) is 6.61 Å². The Morgan fingerprint density at radius 3 is 2.00 bits per heavy atom. The second-order valence-electron chi connectivity index (χ2n) is 4.48. The van der Waals surface area contributed by atoms with Crippen molar-refractivity contribution in [3.63, 3.8) is 0 Å². The largest absolute Gasteiger partial charge is 0.508 e. The molecule has 1 aliphatic rings. The zero-order chi connectivity index (χ0) is 18.1. The molecule has 4 nitrogen and oxygen atoms in total. The maximum Gasteiger partial charge on any atom is 0.508 e. The van der Waals surface area contributed by atoms with E-state index in [4.69, 9.17) is 0 Å². The van der Waals surface area contributed by atoms with Crippen molar-refractivity contribution in [2.45, 2.75) is 36.5 Å². The molecular formula is C10H9F9O4. The zero-order valence-electron chi connectivity index (χ0n) is 10.9. The second-order valence-corrected chi connectivity index (χ2v) is 4.48. The standard InChI is InChI=1S/C10H9F9O4/c11-7(12,8(13,14)9(15,16)10(17,18)19)1-2-21-3-5-4-22-6(20)23-5/h5H,1-4H2. The lowest BCUT2D eigenvalue weighted by atomic mass is 10.0. The van der Waals surface area contributed by atoms with Crippen LogP contribution in [0.15, 0.2) is 0 Å². The predicted octanol–water partition coefficient (Wildman–Crippen LogP) is 3.40. The van der Waals surface area contributed by atoms with Crippen LogP contribution in [0, 0.1) is 0 Å². The topological polar surface area (TPSA) is 44.8 Å². The van der Waals surface area contributed by atoms with Crippen LogP contribution in [0.2, 0.25) is 0 Å². The Morgan fingerprint density at radius 2 is 1.57 bits per heavy atom. The quantitative estimate of drug-likeness (QED) is 0.395. The van der Waals surface area contributed by atoms with E-state index < -0.39 is 55.8 Å². The molecule has 1 fully saturated rings. The highest BCUT2D eigenvalue weighted by Crippen LogP contribution is 2.53. The number of ether oxygens (including phenoxy) is 3. The third-order valence-corrected chi connectivity index (χ3v) is 2.72. The van der Waals surface area contributed by atoms with E-state index in [0.29, 0.717) is 0 Å². The van der Waals surface area contributed by atoms with Crippen molar-refractivity contribution in [2.75, 3.05) is 19.8 Å². The van der Waals surface area contributed by atoms with Crippen LogP contribution in [0.4, 0.5) is 44.3 Å².